The maximum atomic E-state index is 5.95. The molecule has 19 heavy (non-hydrogen) atoms. The number of nitrogens with zero attached hydrogens (tertiary/aromatic N) is 1. The van der Waals surface area contributed by atoms with Crippen molar-refractivity contribution < 1.29 is 4.74 Å². The van der Waals surface area contributed by atoms with E-state index >= 15 is 0 Å². The SMILES string of the molecule is COc1ccccc1NC(N)=NCC1(C)CCCC1. The number of aliphatic imine (C=N–C) groups is 1. The highest BCUT2D eigenvalue weighted by molar-refractivity contribution is 5.93. The van der Waals surface area contributed by atoms with E-state index in [2.05, 4.69) is 17.2 Å². The zero-order valence-electron chi connectivity index (χ0n) is 11.8. The lowest BCUT2D eigenvalue weighted by Crippen LogP contribution is -2.26. The lowest BCUT2D eigenvalue weighted by atomic mass is 9.89. The second-order valence-corrected chi connectivity index (χ2v) is 5.54. The van der Waals surface area contributed by atoms with Gasteiger partial charge < -0.3 is 15.8 Å². The van der Waals surface area contributed by atoms with Crippen LogP contribution in [-0.4, -0.2) is 19.6 Å². The number of benzene rings is 1. The third-order valence-electron chi connectivity index (χ3n) is 3.81. The molecule has 0 aliphatic heterocycles. The van der Waals surface area contributed by atoms with Gasteiger partial charge in [-0.3, -0.25) is 4.99 Å². The topological polar surface area (TPSA) is 59.6 Å². The lowest BCUT2D eigenvalue weighted by molar-refractivity contribution is 0.351. The van der Waals surface area contributed by atoms with Crippen molar-refractivity contribution in [2.45, 2.75) is 32.6 Å². The van der Waals surface area contributed by atoms with Crippen molar-refractivity contribution in [1.29, 1.82) is 0 Å². The maximum Gasteiger partial charge on any atom is 0.193 e. The summed E-state index contributed by atoms with van der Waals surface area (Å²) in [5.41, 5.74) is 7.13. The number of hydrogen-bond donors (Lipinski definition) is 2. The number of hydrogen-bond acceptors (Lipinski definition) is 2. The number of para-hydroxylation sites is 2. The minimum atomic E-state index is 0.326. The Hall–Kier alpha value is -1.71. The summed E-state index contributed by atoms with van der Waals surface area (Å²) in [5.74, 6) is 1.23. The van der Waals surface area contributed by atoms with Crippen molar-refractivity contribution >= 4 is 11.6 Å². The molecule has 1 fully saturated rings. The summed E-state index contributed by atoms with van der Waals surface area (Å²) in [4.78, 5) is 4.48. The number of nitrogens with one attached hydrogen (secondary N) is 1. The molecular formula is C15H23N3O. The first-order chi connectivity index (χ1) is 9.13. The van der Waals surface area contributed by atoms with E-state index in [9.17, 15) is 0 Å². The van der Waals surface area contributed by atoms with Crippen LogP contribution in [0.1, 0.15) is 32.6 Å². The summed E-state index contributed by atoms with van der Waals surface area (Å²) < 4.78 is 5.27. The van der Waals surface area contributed by atoms with Gasteiger partial charge in [0.1, 0.15) is 5.75 Å². The molecule has 1 aliphatic rings. The van der Waals surface area contributed by atoms with Crippen molar-refractivity contribution in [3.05, 3.63) is 24.3 Å². The maximum absolute atomic E-state index is 5.95. The third kappa shape index (κ3) is 3.63. The van der Waals surface area contributed by atoms with Gasteiger partial charge in [0.15, 0.2) is 5.96 Å². The second kappa shape index (κ2) is 5.95. The highest BCUT2D eigenvalue weighted by atomic mass is 16.5. The minimum absolute atomic E-state index is 0.326. The Bertz CT molecular complexity index is 450. The van der Waals surface area contributed by atoms with Crippen LogP contribution in [-0.2, 0) is 0 Å². The highest BCUT2D eigenvalue weighted by Crippen LogP contribution is 2.37. The van der Waals surface area contributed by atoms with E-state index in [1.54, 1.807) is 7.11 Å². The van der Waals surface area contributed by atoms with Crippen LogP contribution < -0.4 is 15.8 Å². The minimum Gasteiger partial charge on any atom is -0.495 e. The van der Waals surface area contributed by atoms with E-state index in [-0.39, 0.29) is 0 Å². The Labute approximate surface area is 115 Å². The first kappa shape index (κ1) is 13.7. The van der Waals surface area contributed by atoms with Gasteiger partial charge in [0, 0.05) is 6.54 Å². The number of anilines is 1. The predicted octanol–water partition coefficient (Wildman–Crippen LogP) is 3.00. The Morgan fingerprint density at radius 3 is 2.74 bits per heavy atom. The Morgan fingerprint density at radius 1 is 1.37 bits per heavy atom. The van der Waals surface area contributed by atoms with Gasteiger partial charge in [0.05, 0.1) is 12.8 Å². The molecular weight excluding hydrogens is 238 g/mol. The zero-order valence-corrected chi connectivity index (χ0v) is 11.8. The van der Waals surface area contributed by atoms with Gasteiger partial charge in [-0.05, 0) is 30.4 Å². The molecule has 4 heteroatoms. The molecule has 0 bridgehead atoms. The number of methoxy groups -OCH3 is 1. The molecule has 2 rings (SSSR count). The fourth-order valence-corrected chi connectivity index (χ4v) is 2.59. The number of ether oxygens (including phenoxy) is 1. The van der Waals surface area contributed by atoms with Crippen LogP contribution in [0.15, 0.2) is 29.3 Å². The standard InChI is InChI=1S/C15H23N3O/c1-15(9-5-6-10-15)11-17-14(16)18-12-7-3-4-8-13(12)19-2/h3-4,7-8H,5-6,9-11H2,1-2H3,(H3,16,17,18). The zero-order chi connectivity index (χ0) is 13.7. The molecule has 3 N–H and O–H groups in total. The van der Waals surface area contributed by atoms with E-state index in [4.69, 9.17) is 10.5 Å². The van der Waals surface area contributed by atoms with Gasteiger partial charge in [-0.25, -0.2) is 0 Å². The number of nitrogens with two attached hydrogens (primary N) is 1. The molecule has 1 aromatic carbocycles. The molecule has 0 amide bonds. The molecule has 104 valence electrons. The van der Waals surface area contributed by atoms with Gasteiger partial charge in [-0.1, -0.05) is 31.9 Å². The molecule has 1 aliphatic carbocycles. The van der Waals surface area contributed by atoms with Gasteiger partial charge >= 0.3 is 0 Å². The smallest absolute Gasteiger partial charge is 0.193 e. The monoisotopic (exact) mass is 261 g/mol. The summed E-state index contributed by atoms with van der Waals surface area (Å²) in [6, 6.07) is 7.69. The summed E-state index contributed by atoms with van der Waals surface area (Å²) in [5, 5.41) is 3.11. The fourth-order valence-electron chi connectivity index (χ4n) is 2.59. The quantitative estimate of drug-likeness (QED) is 0.647. The fraction of sp³-hybridized carbons (Fsp3) is 0.533. The van der Waals surface area contributed by atoms with Crippen LogP contribution in [0.4, 0.5) is 5.69 Å². The van der Waals surface area contributed by atoms with E-state index in [1.807, 2.05) is 24.3 Å². The summed E-state index contributed by atoms with van der Waals surface area (Å²) in [7, 11) is 1.65. The van der Waals surface area contributed by atoms with Crippen LogP contribution in [0.2, 0.25) is 0 Å². The van der Waals surface area contributed by atoms with Crippen LogP contribution in [0.25, 0.3) is 0 Å². The first-order valence-electron chi connectivity index (χ1n) is 6.83. The van der Waals surface area contributed by atoms with Crippen molar-refractivity contribution in [2.75, 3.05) is 19.0 Å². The van der Waals surface area contributed by atoms with Gasteiger partial charge in [-0.15, -0.1) is 0 Å². The third-order valence-corrected chi connectivity index (χ3v) is 3.81. The van der Waals surface area contributed by atoms with Crippen molar-refractivity contribution in [3.8, 4) is 5.75 Å². The second-order valence-electron chi connectivity index (χ2n) is 5.54. The summed E-state index contributed by atoms with van der Waals surface area (Å²) >= 11 is 0. The van der Waals surface area contributed by atoms with Crippen LogP contribution in [0.3, 0.4) is 0 Å². The molecule has 0 saturated heterocycles. The summed E-state index contributed by atoms with van der Waals surface area (Å²) in [6.45, 7) is 3.08. The van der Waals surface area contributed by atoms with E-state index in [1.165, 1.54) is 25.7 Å². The van der Waals surface area contributed by atoms with Gasteiger partial charge in [0.2, 0.25) is 0 Å². The molecule has 0 radical (unpaired) electrons. The van der Waals surface area contributed by atoms with Crippen molar-refractivity contribution in [2.24, 2.45) is 16.1 Å². The molecule has 0 atom stereocenters. The molecule has 1 aromatic rings. The molecule has 0 spiro atoms. The van der Waals surface area contributed by atoms with Crippen LogP contribution >= 0.6 is 0 Å². The van der Waals surface area contributed by atoms with Crippen LogP contribution in [0, 0.1) is 5.41 Å². The lowest BCUT2D eigenvalue weighted by Gasteiger charge is -2.20. The molecule has 4 nitrogen and oxygen atoms in total. The number of rotatable bonds is 4. The Morgan fingerprint density at radius 2 is 2.05 bits per heavy atom. The molecule has 1 saturated carbocycles. The largest absolute Gasteiger partial charge is 0.495 e. The first-order valence-corrected chi connectivity index (χ1v) is 6.83. The van der Waals surface area contributed by atoms with Crippen LogP contribution in [0.5, 0.6) is 5.75 Å². The van der Waals surface area contributed by atoms with Crippen molar-refractivity contribution in [1.82, 2.24) is 0 Å². The van der Waals surface area contributed by atoms with E-state index < -0.39 is 0 Å². The predicted molar refractivity (Wildman–Crippen MR) is 79.7 cm³/mol. The molecule has 0 unspecified atom stereocenters. The van der Waals surface area contributed by atoms with E-state index in [0.717, 1.165) is 18.0 Å². The Kier molecular flexibility index (Phi) is 4.30. The van der Waals surface area contributed by atoms with Gasteiger partial charge in [-0.2, -0.15) is 0 Å². The molecule has 0 heterocycles. The number of guanidine groups is 1. The Balaban J connectivity index is 1.98. The molecule has 0 aromatic heterocycles. The van der Waals surface area contributed by atoms with Gasteiger partial charge in [0.25, 0.3) is 0 Å². The normalized spacial score (nSPS) is 18.3. The summed E-state index contributed by atoms with van der Waals surface area (Å²) in [6.07, 6.45) is 5.12. The van der Waals surface area contributed by atoms with E-state index in [0.29, 0.717) is 11.4 Å². The van der Waals surface area contributed by atoms with Crippen molar-refractivity contribution in [3.63, 3.8) is 0 Å². The highest BCUT2D eigenvalue weighted by Gasteiger charge is 2.28. The average molecular weight is 261 g/mol. The average Bonchev–Trinajstić information content (AvgIpc) is 2.85.